The first-order valence-electron chi connectivity index (χ1n) is 8.77. The fraction of sp³-hybridized carbons (Fsp3) is 0.350. The van der Waals surface area contributed by atoms with E-state index in [0.29, 0.717) is 24.3 Å². The zero-order valence-electron chi connectivity index (χ0n) is 14.5. The molecule has 1 fully saturated rings. The molecule has 1 aromatic heterocycles. The van der Waals surface area contributed by atoms with Crippen LogP contribution in [0, 0.1) is 0 Å². The van der Waals surface area contributed by atoms with E-state index < -0.39 is 0 Å². The van der Waals surface area contributed by atoms with Gasteiger partial charge in [-0.15, -0.1) is 0 Å². The normalized spacial score (nSPS) is 13.7. The largest absolute Gasteiger partial charge is 0.339 e. The molecule has 0 saturated carbocycles. The van der Waals surface area contributed by atoms with E-state index in [1.807, 2.05) is 42.2 Å². The second-order valence-corrected chi connectivity index (χ2v) is 6.23. The zero-order valence-corrected chi connectivity index (χ0v) is 14.5. The van der Waals surface area contributed by atoms with E-state index >= 15 is 0 Å². The highest BCUT2D eigenvalue weighted by Gasteiger charge is 2.22. The average molecular weight is 337 g/mol. The average Bonchev–Trinajstić information content (AvgIpc) is 3.20. The minimum Gasteiger partial charge on any atom is -0.339 e. The van der Waals surface area contributed by atoms with Crippen LogP contribution in [0.1, 0.15) is 46.2 Å². The number of likely N-dealkylation sites (tertiary alicyclic amines) is 1. The van der Waals surface area contributed by atoms with Crippen molar-refractivity contribution in [1.82, 2.24) is 14.8 Å². The van der Waals surface area contributed by atoms with Gasteiger partial charge in [0.05, 0.1) is 0 Å². The first kappa shape index (κ1) is 17.1. The minimum atomic E-state index is -0.151. The first-order valence-corrected chi connectivity index (χ1v) is 8.77. The smallest absolute Gasteiger partial charge is 0.272 e. The number of pyridine rings is 1. The third-order valence-corrected chi connectivity index (χ3v) is 4.50. The molecule has 2 amide bonds. The van der Waals surface area contributed by atoms with Crippen LogP contribution in [0.15, 0.2) is 48.7 Å². The Morgan fingerprint density at radius 2 is 1.84 bits per heavy atom. The van der Waals surface area contributed by atoms with Gasteiger partial charge in [0.2, 0.25) is 0 Å². The number of rotatable bonds is 5. The highest BCUT2D eigenvalue weighted by Crippen LogP contribution is 2.15. The van der Waals surface area contributed by atoms with Crippen LogP contribution in [0.25, 0.3) is 0 Å². The molecule has 5 heteroatoms. The molecule has 1 saturated heterocycles. The standard InChI is InChI=1S/C20H23N3O2/c1-2-22(15-16-8-4-3-5-9-16)20(25)18-14-17(10-11-21-18)19(24)23-12-6-7-13-23/h3-5,8-11,14H,2,6-7,12-13,15H2,1H3. The lowest BCUT2D eigenvalue weighted by Gasteiger charge is -2.21. The maximum atomic E-state index is 12.8. The summed E-state index contributed by atoms with van der Waals surface area (Å²) in [7, 11) is 0. The zero-order chi connectivity index (χ0) is 17.6. The predicted octanol–water partition coefficient (Wildman–Crippen LogP) is 2.98. The molecule has 3 rings (SSSR count). The van der Waals surface area contributed by atoms with Crippen molar-refractivity contribution in [2.75, 3.05) is 19.6 Å². The van der Waals surface area contributed by atoms with Crippen molar-refractivity contribution in [2.24, 2.45) is 0 Å². The minimum absolute atomic E-state index is 0.0138. The molecule has 0 bridgehead atoms. The highest BCUT2D eigenvalue weighted by molar-refractivity contribution is 5.98. The Hall–Kier alpha value is -2.69. The first-order chi connectivity index (χ1) is 12.2. The molecule has 0 atom stereocenters. The summed E-state index contributed by atoms with van der Waals surface area (Å²) in [5, 5.41) is 0. The Labute approximate surface area is 148 Å². The van der Waals surface area contributed by atoms with Gasteiger partial charge in [-0.3, -0.25) is 14.6 Å². The van der Waals surface area contributed by atoms with Crippen LogP contribution in [0.4, 0.5) is 0 Å². The van der Waals surface area contributed by atoms with E-state index in [-0.39, 0.29) is 11.8 Å². The number of benzene rings is 1. The molecule has 130 valence electrons. The molecule has 0 spiro atoms. The van der Waals surface area contributed by atoms with Gasteiger partial charge in [-0.2, -0.15) is 0 Å². The van der Waals surface area contributed by atoms with Gasteiger partial charge in [0.15, 0.2) is 0 Å². The number of aromatic nitrogens is 1. The van der Waals surface area contributed by atoms with E-state index in [4.69, 9.17) is 0 Å². The Morgan fingerprint density at radius 3 is 2.52 bits per heavy atom. The van der Waals surface area contributed by atoms with Crippen LogP contribution < -0.4 is 0 Å². The fourth-order valence-electron chi connectivity index (χ4n) is 3.08. The van der Waals surface area contributed by atoms with E-state index in [2.05, 4.69) is 4.98 Å². The fourth-order valence-corrected chi connectivity index (χ4v) is 3.08. The maximum absolute atomic E-state index is 12.8. The van der Waals surface area contributed by atoms with Crippen LogP contribution in [-0.2, 0) is 6.54 Å². The monoisotopic (exact) mass is 337 g/mol. The Bertz CT molecular complexity index is 740. The molecule has 0 N–H and O–H groups in total. The second-order valence-electron chi connectivity index (χ2n) is 6.23. The summed E-state index contributed by atoms with van der Waals surface area (Å²) in [6.07, 6.45) is 3.64. The van der Waals surface area contributed by atoms with Gasteiger partial charge < -0.3 is 9.80 Å². The van der Waals surface area contributed by atoms with Crippen molar-refractivity contribution in [3.8, 4) is 0 Å². The lowest BCUT2D eigenvalue weighted by molar-refractivity contribution is 0.0746. The second kappa shape index (κ2) is 7.92. The number of carbonyl (C=O) groups is 2. The van der Waals surface area contributed by atoms with Gasteiger partial charge in [0.25, 0.3) is 11.8 Å². The van der Waals surface area contributed by atoms with Crippen LogP contribution in [0.3, 0.4) is 0 Å². The topological polar surface area (TPSA) is 53.5 Å². The predicted molar refractivity (Wildman–Crippen MR) is 96.2 cm³/mol. The summed E-state index contributed by atoms with van der Waals surface area (Å²) >= 11 is 0. The van der Waals surface area contributed by atoms with E-state index in [9.17, 15) is 9.59 Å². The van der Waals surface area contributed by atoms with E-state index in [1.54, 1.807) is 23.2 Å². The molecule has 2 heterocycles. The number of hydrogen-bond acceptors (Lipinski definition) is 3. The highest BCUT2D eigenvalue weighted by atomic mass is 16.2. The quantitative estimate of drug-likeness (QED) is 0.843. The van der Waals surface area contributed by atoms with Gasteiger partial charge >= 0.3 is 0 Å². The summed E-state index contributed by atoms with van der Waals surface area (Å²) in [6, 6.07) is 13.2. The molecule has 1 aliphatic heterocycles. The van der Waals surface area contributed by atoms with E-state index in [0.717, 1.165) is 31.5 Å². The van der Waals surface area contributed by atoms with Crippen LogP contribution in [0.5, 0.6) is 0 Å². The molecule has 25 heavy (non-hydrogen) atoms. The Morgan fingerprint density at radius 1 is 1.12 bits per heavy atom. The van der Waals surface area contributed by atoms with Crippen molar-refractivity contribution in [3.05, 3.63) is 65.5 Å². The maximum Gasteiger partial charge on any atom is 0.272 e. The van der Waals surface area contributed by atoms with Crippen LogP contribution in [0.2, 0.25) is 0 Å². The summed E-state index contributed by atoms with van der Waals surface area (Å²) in [5.74, 6) is -0.164. The Kier molecular flexibility index (Phi) is 5.43. The van der Waals surface area contributed by atoms with Crippen LogP contribution in [-0.4, -0.2) is 46.2 Å². The number of carbonyl (C=O) groups excluding carboxylic acids is 2. The van der Waals surface area contributed by atoms with Gasteiger partial charge in [-0.1, -0.05) is 30.3 Å². The lowest BCUT2D eigenvalue weighted by atomic mass is 10.1. The molecule has 0 unspecified atom stereocenters. The molecule has 0 aliphatic carbocycles. The van der Waals surface area contributed by atoms with Gasteiger partial charge in [-0.25, -0.2) is 0 Å². The van der Waals surface area contributed by atoms with Gasteiger partial charge in [0.1, 0.15) is 5.69 Å². The molecule has 5 nitrogen and oxygen atoms in total. The SMILES string of the molecule is CCN(Cc1ccccc1)C(=O)c1cc(C(=O)N2CCCC2)ccn1. The van der Waals surface area contributed by atoms with Crippen molar-refractivity contribution in [1.29, 1.82) is 0 Å². The third kappa shape index (κ3) is 4.05. The molecular formula is C20H23N3O2. The third-order valence-electron chi connectivity index (χ3n) is 4.50. The molecule has 1 aromatic carbocycles. The summed E-state index contributed by atoms with van der Waals surface area (Å²) < 4.78 is 0. The molecule has 1 aliphatic rings. The Balaban J connectivity index is 1.76. The van der Waals surface area contributed by atoms with E-state index in [1.165, 1.54) is 0 Å². The number of hydrogen-bond donors (Lipinski definition) is 0. The summed E-state index contributed by atoms with van der Waals surface area (Å²) in [6.45, 7) is 4.64. The molecular weight excluding hydrogens is 314 g/mol. The number of amides is 2. The van der Waals surface area contributed by atoms with Crippen molar-refractivity contribution in [2.45, 2.75) is 26.3 Å². The summed E-state index contributed by atoms with van der Waals surface area (Å²) in [4.78, 5) is 33.1. The van der Waals surface area contributed by atoms with Crippen LogP contribution >= 0.6 is 0 Å². The van der Waals surface area contributed by atoms with Gasteiger partial charge in [-0.05, 0) is 37.5 Å². The molecule has 0 radical (unpaired) electrons. The van der Waals surface area contributed by atoms with Crippen molar-refractivity contribution >= 4 is 11.8 Å². The lowest BCUT2D eigenvalue weighted by Crippen LogP contribution is -2.32. The van der Waals surface area contributed by atoms with Crippen molar-refractivity contribution < 1.29 is 9.59 Å². The van der Waals surface area contributed by atoms with Crippen molar-refractivity contribution in [3.63, 3.8) is 0 Å². The summed E-state index contributed by atoms with van der Waals surface area (Å²) in [5.41, 5.74) is 1.93. The number of nitrogens with zero attached hydrogens (tertiary/aromatic N) is 3. The molecule has 2 aromatic rings. The van der Waals surface area contributed by atoms with Gasteiger partial charge in [0, 0.05) is 37.9 Å².